The van der Waals surface area contributed by atoms with Crippen LogP contribution in [0.25, 0.3) is 0 Å². The van der Waals surface area contributed by atoms with Gasteiger partial charge in [-0.25, -0.2) is 0 Å². The summed E-state index contributed by atoms with van der Waals surface area (Å²) in [4.78, 5) is 12.1. The zero-order valence-electron chi connectivity index (χ0n) is 16.4. The molecule has 3 atom stereocenters. The molecule has 1 aliphatic carbocycles. The molecule has 1 N–H and O–H groups in total. The highest BCUT2D eigenvalue weighted by molar-refractivity contribution is 6.90. The fraction of sp³-hybridized carbons (Fsp3) is 0.850. The Morgan fingerprint density at radius 2 is 1.61 bits per heavy atom. The van der Waals surface area contributed by atoms with E-state index in [0.29, 0.717) is 23.0 Å². The first-order valence-electron chi connectivity index (χ1n) is 9.22. The lowest BCUT2D eigenvalue weighted by Crippen LogP contribution is -2.47. The van der Waals surface area contributed by atoms with Crippen LogP contribution in [-0.4, -0.2) is 24.6 Å². The third-order valence-electron chi connectivity index (χ3n) is 6.05. The summed E-state index contributed by atoms with van der Waals surface area (Å²) in [6, 6.07) is 0. The van der Waals surface area contributed by atoms with Gasteiger partial charge in [-0.15, -0.1) is 11.5 Å². The van der Waals surface area contributed by atoms with Crippen molar-refractivity contribution in [1.29, 1.82) is 0 Å². The van der Waals surface area contributed by atoms with E-state index in [4.69, 9.17) is 0 Å². The number of Topliss-reactive ketones (excluding diaryl/α,β-unsaturated/α-hetero) is 1. The lowest BCUT2D eigenvalue weighted by atomic mass is 9.68. The van der Waals surface area contributed by atoms with Gasteiger partial charge in [0.05, 0.1) is 11.5 Å². The molecule has 0 radical (unpaired) electrons. The minimum Gasteiger partial charge on any atom is -0.389 e. The SMILES string of the molecule is CC(=O)[C@H]1[C@H](C#C[Si](C(C)C)(C(C)C)C(C)C)CCC[C@@]1(C)O. The first-order valence-corrected chi connectivity index (χ1v) is 11.5. The molecule has 0 amide bonds. The minimum absolute atomic E-state index is 0.0133. The largest absolute Gasteiger partial charge is 0.389 e. The van der Waals surface area contributed by atoms with Gasteiger partial charge in [-0.2, -0.15) is 0 Å². The molecule has 0 aromatic heterocycles. The molecule has 2 nitrogen and oxygen atoms in total. The fourth-order valence-corrected chi connectivity index (χ4v) is 10.3. The second-order valence-corrected chi connectivity index (χ2v) is 14.2. The van der Waals surface area contributed by atoms with Crippen molar-refractivity contribution < 1.29 is 9.90 Å². The maximum absolute atomic E-state index is 12.1. The van der Waals surface area contributed by atoms with Crippen LogP contribution in [0.2, 0.25) is 16.6 Å². The summed E-state index contributed by atoms with van der Waals surface area (Å²) in [5.74, 6) is 3.29. The predicted octanol–water partition coefficient (Wildman–Crippen LogP) is 4.96. The molecule has 0 saturated heterocycles. The van der Waals surface area contributed by atoms with Crippen molar-refractivity contribution in [3.05, 3.63) is 0 Å². The summed E-state index contributed by atoms with van der Waals surface area (Å²) in [6.07, 6.45) is 2.60. The Balaban J connectivity index is 3.26. The highest BCUT2D eigenvalue weighted by atomic mass is 28.3. The molecule has 23 heavy (non-hydrogen) atoms. The van der Waals surface area contributed by atoms with Gasteiger partial charge in [-0.3, -0.25) is 4.79 Å². The van der Waals surface area contributed by atoms with Crippen LogP contribution in [0.15, 0.2) is 0 Å². The van der Waals surface area contributed by atoms with Gasteiger partial charge >= 0.3 is 0 Å². The van der Waals surface area contributed by atoms with Crippen molar-refractivity contribution in [1.82, 2.24) is 0 Å². The Labute approximate surface area is 144 Å². The number of carbonyl (C=O) groups is 1. The number of hydrogen-bond donors (Lipinski definition) is 1. The van der Waals surface area contributed by atoms with Gasteiger partial charge in [-0.1, -0.05) is 41.5 Å². The zero-order valence-corrected chi connectivity index (χ0v) is 17.4. The summed E-state index contributed by atoms with van der Waals surface area (Å²) in [5.41, 5.74) is 4.63. The highest BCUT2D eigenvalue weighted by Crippen LogP contribution is 2.42. The van der Waals surface area contributed by atoms with Crippen LogP contribution >= 0.6 is 0 Å². The average Bonchev–Trinajstić information content (AvgIpc) is 2.36. The Bertz CT molecular complexity index is 458. The normalized spacial score (nSPS) is 28.9. The van der Waals surface area contributed by atoms with E-state index in [9.17, 15) is 9.90 Å². The van der Waals surface area contributed by atoms with Gasteiger partial charge in [0, 0.05) is 5.92 Å². The Hall–Kier alpha value is -0.593. The summed E-state index contributed by atoms with van der Waals surface area (Å²) >= 11 is 0. The van der Waals surface area contributed by atoms with Gasteiger partial charge in [0.25, 0.3) is 0 Å². The van der Waals surface area contributed by atoms with E-state index in [2.05, 4.69) is 53.0 Å². The smallest absolute Gasteiger partial charge is 0.145 e. The van der Waals surface area contributed by atoms with E-state index < -0.39 is 13.7 Å². The number of rotatable bonds is 4. The predicted molar refractivity (Wildman–Crippen MR) is 101 cm³/mol. The van der Waals surface area contributed by atoms with Crippen molar-refractivity contribution in [2.24, 2.45) is 11.8 Å². The molecule has 1 rings (SSSR count). The minimum atomic E-state index is -1.78. The van der Waals surface area contributed by atoms with E-state index in [1.54, 1.807) is 6.92 Å². The average molecular weight is 337 g/mol. The van der Waals surface area contributed by atoms with Crippen LogP contribution in [0.5, 0.6) is 0 Å². The molecule has 0 heterocycles. The summed E-state index contributed by atoms with van der Waals surface area (Å²) in [5, 5.41) is 10.7. The molecule has 3 heteroatoms. The van der Waals surface area contributed by atoms with Crippen molar-refractivity contribution >= 4 is 13.9 Å². The molecular formula is C20H36O2Si. The maximum atomic E-state index is 12.1. The molecule has 1 fully saturated rings. The van der Waals surface area contributed by atoms with E-state index >= 15 is 0 Å². The van der Waals surface area contributed by atoms with Crippen LogP contribution < -0.4 is 0 Å². The Kier molecular flexibility index (Phi) is 6.70. The molecule has 0 spiro atoms. The lowest BCUT2D eigenvalue weighted by molar-refractivity contribution is -0.135. The van der Waals surface area contributed by atoms with Gasteiger partial charge in [-0.05, 0) is 49.7 Å². The highest BCUT2D eigenvalue weighted by Gasteiger charge is 2.45. The molecule has 0 aromatic carbocycles. The monoisotopic (exact) mass is 336 g/mol. The number of ketones is 1. The Morgan fingerprint density at radius 1 is 1.13 bits per heavy atom. The van der Waals surface area contributed by atoms with Gasteiger partial charge < -0.3 is 5.11 Å². The maximum Gasteiger partial charge on any atom is 0.145 e. The van der Waals surface area contributed by atoms with Gasteiger partial charge in [0.2, 0.25) is 0 Å². The second kappa shape index (κ2) is 7.53. The van der Waals surface area contributed by atoms with E-state index in [1.807, 2.05) is 6.92 Å². The first kappa shape index (κ1) is 20.5. The van der Waals surface area contributed by atoms with E-state index in [0.717, 1.165) is 12.8 Å². The van der Waals surface area contributed by atoms with Crippen LogP contribution in [-0.2, 0) is 4.79 Å². The summed E-state index contributed by atoms with van der Waals surface area (Å²) in [7, 11) is -1.78. The van der Waals surface area contributed by atoms with Crippen molar-refractivity contribution in [2.45, 2.75) is 96.9 Å². The number of aliphatic hydroxyl groups is 1. The molecule has 1 saturated carbocycles. The fourth-order valence-electron chi connectivity index (χ4n) is 4.96. The third-order valence-corrected chi connectivity index (χ3v) is 12.4. The van der Waals surface area contributed by atoms with E-state index in [1.165, 1.54) is 0 Å². The van der Waals surface area contributed by atoms with Gasteiger partial charge in [0.1, 0.15) is 13.9 Å². The third kappa shape index (κ3) is 4.09. The van der Waals surface area contributed by atoms with Crippen molar-refractivity contribution in [3.8, 4) is 11.5 Å². The lowest BCUT2D eigenvalue weighted by Gasteiger charge is -2.41. The second-order valence-electron chi connectivity index (χ2n) is 8.61. The van der Waals surface area contributed by atoms with Crippen LogP contribution in [0, 0.1) is 23.3 Å². The van der Waals surface area contributed by atoms with Crippen LogP contribution in [0.1, 0.15) is 74.7 Å². The molecule has 0 aliphatic heterocycles. The summed E-state index contributed by atoms with van der Waals surface area (Å²) in [6.45, 7) is 17.3. The van der Waals surface area contributed by atoms with Crippen molar-refractivity contribution in [2.75, 3.05) is 0 Å². The standard InChI is InChI=1S/C20H36O2Si/c1-14(2)23(15(3)4,16(5)6)13-11-18-10-9-12-20(8,22)19(18)17(7)21/h14-16,18-19,22H,9-10,12H2,1-8H3/t18-,19-,20+/m0/s1. The topological polar surface area (TPSA) is 37.3 Å². The van der Waals surface area contributed by atoms with E-state index in [-0.39, 0.29) is 17.6 Å². The van der Waals surface area contributed by atoms with Crippen LogP contribution in [0.3, 0.4) is 0 Å². The Morgan fingerprint density at radius 3 is 2.00 bits per heavy atom. The zero-order chi connectivity index (χ0) is 18.0. The first-order chi connectivity index (χ1) is 10.5. The quantitative estimate of drug-likeness (QED) is 0.581. The number of carbonyl (C=O) groups excluding carboxylic acids is 1. The molecular weight excluding hydrogens is 300 g/mol. The molecule has 132 valence electrons. The summed E-state index contributed by atoms with van der Waals surface area (Å²) < 4.78 is 0. The molecule has 1 aliphatic rings. The van der Waals surface area contributed by atoms with Gasteiger partial charge in [0.15, 0.2) is 0 Å². The molecule has 0 aromatic rings. The van der Waals surface area contributed by atoms with Crippen molar-refractivity contribution in [3.63, 3.8) is 0 Å². The molecule has 0 unspecified atom stereocenters. The molecule has 0 bridgehead atoms. The van der Waals surface area contributed by atoms with Crippen LogP contribution in [0.4, 0.5) is 0 Å². The number of hydrogen-bond acceptors (Lipinski definition) is 2.